The third kappa shape index (κ3) is 4.72. The molecule has 3 aromatic carbocycles. The number of carbonyl (C=O) groups excluding carboxylic acids is 1. The lowest BCUT2D eigenvalue weighted by molar-refractivity contribution is -0.125. The van der Waals surface area contributed by atoms with Crippen LogP contribution in [0.1, 0.15) is 30.9 Å². The van der Waals surface area contributed by atoms with Crippen LogP contribution in [-0.4, -0.2) is 20.7 Å². The highest BCUT2D eigenvalue weighted by Crippen LogP contribution is 2.40. The number of carbonyl (C=O) groups is 1. The average Bonchev–Trinajstić information content (AvgIpc) is 3.53. The molecule has 1 N–H and O–H groups in total. The molecule has 1 atom stereocenters. The van der Waals surface area contributed by atoms with Crippen molar-refractivity contribution in [1.29, 1.82) is 0 Å². The number of benzene rings is 3. The van der Waals surface area contributed by atoms with Gasteiger partial charge in [-0.3, -0.25) is 4.79 Å². The monoisotopic (exact) mass is 484 g/mol. The van der Waals surface area contributed by atoms with Crippen LogP contribution in [0.3, 0.4) is 0 Å². The smallest absolute Gasteiger partial charge is 0.232 e. The maximum Gasteiger partial charge on any atom is 0.232 e. The van der Waals surface area contributed by atoms with Crippen molar-refractivity contribution in [2.45, 2.75) is 26.2 Å². The number of thiazole rings is 1. The van der Waals surface area contributed by atoms with Gasteiger partial charge in [0.2, 0.25) is 5.91 Å². The van der Waals surface area contributed by atoms with Crippen LogP contribution in [0.4, 0.5) is 9.52 Å². The van der Waals surface area contributed by atoms with Crippen molar-refractivity contribution in [1.82, 2.24) is 14.8 Å². The van der Waals surface area contributed by atoms with Gasteiger partial charge in [0, 0.05) is 22.9 Å². The highest BCUT2D eigenvalue weighted by molar-refractivity contribution is 7.13. The highest BCUT2D eigenvalue weighted by atomic mass is 32.1. The summed E-state index contributed by atoms with van der Waals surface area (Å²) in [5.41, 5.74) is 3.21. The van der Waals surface area contributed by atoms with E-state index >= 15 is 0 Å². The number of rotatable bonds is 7. The van der Waals surface area contributed by atoms with Gasteiger partial charge in [0.15, 0.2) is 5.13 Å². The van der Waals surface area contributed by atoms with Gasteiger partial charge in [-0.05, 0) is 53.9 Å². The molecule has 0 aliphatic carbocycles. The van der Waals surface area contributed by atoms with Crippen LogP contribution in [0.15, 0.2) is 90.6 Å². The number of halogens is 1. The summed E-state index contributed by atoms with van der Waals surface area (Å²) in [5.74, 6) is -0.451. The molecule has 0 aliphatic heterocycles. The fraction of sp³-hybridized carbons (Fsp3) is 0.179. The molecule has 2 aromatic heterocycles. The Hall–Kier alpha value is -3.84. The van der Waals surface area contributed by atoms with E-state index in [0.717, 1.165) is 27.7 Å². The van der Waals surface area contributed by atoms with Gasteiger partial charge in [0.25, 0.3) is 0 Å². The zero-order valence-corrected chi connectivity index (χ0v) is 20.3. The van der Waals surface area contributed by atoms with E-state index in [2.05, 4.69) is 39.7 Å². The van der Waals surface area contributed by atoms with Gasteiger partial charge in [-0.25, -0.2) is 14.1 Å². The first kappa shape index (κ1) is 22.9. The maximum absolute atomic E-state index is 13.4. The Kier molecular flexibility index (Phi) is 6.17. The lowest BCUT2D eigenvalue weighted by atomic mass is 9.71. The number of anilines is 1. The molecule has 0 saturated carbocycles. The lowest BCUT2D eigenvalue weighted by Gasteiger charge is -2.33. The van der Waals surface area contributed by atoms with Crippen molar-refractivity contribution in [2.24, 2.45) is 5.41 Å². The zero-order valence-electron chi connectivity index (χ0n) is 19.5. The second kappa shape index (κ2) is 9.43. The first-order valence-electron chi connectivity index (χ1n) is 11.4. The number of hydrogen-bond acceptors (Lipinski definition) is 4. The van der Waals surface area contributed by atoms with Gasteiger partial charge in [0.1, 0.15) is 5.82 Å². The third-order valence-electron chi connectivity index (χ3n) is 6.46. The van der Waals surface area contributed by atoms with E-state index < -0.39 is 5.41 Å². The summed E-state index contributed by atoms with van der Waals surface area (Å²) in [6.45, 7) is 3.96. The summed E-state index contributed by atoms with van der Waals surface area (Å²) in [5, 5.41) is 10.9. The summed E-state index contributed by atoms with van der Waals surface area (Å²) in [6, 6.07) is 22.7. The minimum absolute atomic E-state index is 0.0736. The Morgan fingerprint density at radius 3 is 2.57 bits per heavy atom. The molecule has 0 radical (unpaired) electrons. The molecule has 5 nitrogen and oxygen atoms in total. The van der Waals surface area contributed by atoms with E-state index in [-0.39, 0.29) is 17.6 Å². The molecular formula is C28H25FN4OS. The molecule has 0 bridgehead atoms. The van der Waals surface area contributed by atoms with Crippen molar-refractivity contribution in [3.63, 3.8) is 0 Å². The van der Waals surface area contributed by atoms with Crippen molar-refractivity contribution < 1.29 is 9.18 Å². The molecule has 5 rings (SSSR count). The van der Waals surface area contributed by atoms with Crippen molar-refractivity contribution >= 4 is 33.3 Å². The van der Waals surface area contributed by atoms with Crippen LogP contribution in [0.2, 0.25) is 0 Å². The largest absolute Gasteiger partial charge is 0.301 e. The van der Waals surface area contributed by atoms with Gasteiger partial charge in [-0.1, -0.05) is 50.2 Å². The Morgan fingerprint density at radius 1 is 1.09 bits per heavy atom. The molecule has 5 aromatic rings. The first-order valence-corrected chi connectivity index (χ1v) is 12.3. The normalized spacial score (nSPS) is 12.5. The predicted octanol–water partition coefficient (Wildman–Crippen LogP) is 6.61. The molecule has 1 amide bonds. The van der Waals surface area contributed by atoms with E-state index in [1.165, 1.54) is 23.5 Å². The molecule has 0 spiro atoms. The van der Waals surface area contributed by atoms with Gasteiger partial charge < -0.3 is 5.32 Å². The molecule has 0 fully saturated rings. The minimum Gasteiger partial charge on any atom is -0.301 e. The molecule has 7 heteroatoms. The van der Waals surface area contributed by atoms with Crippen LogP contribution >= 0.6 is 11.3 Å². The lowest BCUT2D eigenvalue weighted by Crippen LogP contribution is -2.37. The second-order valence-electron chi connectivity index (χ2n) is 9.11. The molecule has 35 heavy (non-hydrogen) atoms. The molecule has 176 valence electrons. The van der Waals surface area contributed by atoms with Crippen LogP contribution in [-0.2, 0) is 11.2 Å². The molecule has 0 aliphatic rings. The summed E-state index contributed by atoms with van der Waals surface area (Å²) in [4.78, 5) is 17.6. The second-order valence-corrected chi connectivity index (χ2v) is 10.0. The Balaban J connectivity index is 1.53. The van der Waals surface area contributed by atoms with E-state index in [1.807, 2.05) is 49.7 Å². The maximum atomic E-state index is 13.4. The standard InChI is InChI=1S/C28H25FN4OS/c1-28(2,26(34)32-27-30-14-15-35-27)24(16-19-6-4-3-5-7-19)20-8-13-25-21(17-20)18-31-33(25)23-11-9-22(29)10-12-23/h3-15,17-18,24H,16H2,1-2H3,(H,30,32,34). The summed E-state index contributed by atoms with van der Waals surface area (Å²) < 4.78 is 15.2. The molecular weight excluding hydrogens is 459 g/mol. The van der Waals surface area contributed by atoms with Crippen molar-refractivity contribution in [2.75, 3.05) is 5.32 Å². The third-order valence-corrected chi connectivity index (χ3v) is 7.15. The van der Waals surface area contributed by atoms with E-state index in [9.17, 15) is 9.18 Å². The number of hydrogen-bond donors (Lipinski definition) is 1. The van der Waals surface area contributed by atoms with Crippen LogP contribution in [0.5, 0.6) is 0 Å². The Labute approximate surface area is 207 Å². The molecule has 2 heterocycles. The van der Waals surface area contributed by atoms with Crippen LogP contribution < -0.4 is 5.32 Å². The Morgan fingerprint density at radius 2 is 1.86 bits per heavy atom. The number of aromatic nitrogens is 3. The Bertz CT molecular complexity index is 1440. The van der Waals surface area contributed by atoms with E-state index in [0.29, 0.717) is 11.6 Å². The number of nitrogens with one attached hydrogen (secondary N) is 1. The van der Waals surface area contributed by atoms with Crippen LogP contribution in [0, 0.1) is 11.2 Å². The summed E-state index contributed by atoms with van der Waals surface area (Å²) in [7, 11) is 0. The number of nitrogens with zero attached hydrogens (tertiary/aromatic N) is 3. The summed E-state index contributed by atoms with van der Waals surface area (Å²) in [6.07, 6.45) is 4.20. The topological polar surface area (TPSA) is 59.8 Å². The quantitative estimate of drug-likeness (QED) is 0.283. The SMILES string of the molecule is CC(C)(C(=O)Nc1nccs1)C(Cc1ccccc1)c1ccc2c(cnn2-c2ccc(F)cc2)c1. The van der Waals surface area contributed by atoms with Gasteiger partial charge in [-0.15, -0.1) is 11.3 Å². The first-order chi connectivity index (χ1) is 16.9. The fourth-order valence-corrected chi connectivity index (χ4v) is 4.92. The summed E-state index contributed by atoms with van der Waals surface area (Å²) >= 11 is 1.40. The van der Waals surface area contributed by atoms with Gasteiger partial charge in [0.05, 0.1) is 22.8 Å². The van der Waals surface area contributed by atoms with Gasteiger partial charge in [-0.2, -0.15) is 5.10 Å². The van der Waals surface area contributed by atoms with Gasteiger partial charge >= 0.3 is 0 Å². The molecule has 1 unspecified atom stereocenters. The highest BCUT2D eigenvalue weighted by Gasteiger charge is 2.38. The minimum atomic E-state index is -0.720. The van der Waals surface area contributed by atoms with Crippen molar-refractivity contribution in [3.8, 4) is 5.69 Å². The average molecular weight is 485 g/mol. The van der Waals surface area contributed by atoms with E-state index in [1.54, 1.807) is 23.0 Å². The van der Waals surface area contributed by atoms with E-state index in [4.69, 9.17) is 0 Å². The fourth-order valence-electron chi connectivity index (χ4n) is 4.40. The molecule has 0 saturated heterocycles. The van der Waals surface area contributed by atoms with Crippen molar-refractivity contribution in [3.05, 3.63) is 108 Å². The number of amides is 1. The number of fused-ring (bicyclic) bond motifs is 1. The zero-order chi connectivity index (χ0) is 24.4. The predicted molar refractivity (Wildman–Crippen MR) is 138 cm³/mol. The van der Waals surface area contributed by atoms with Crippen LogP contribution in [0.25, 0.3) is 16.6 Å².